The average molecular weight is 413 g/mol. The van der Waals surface area contributed by atoms with Crippen LogP contribution in [0.25, 0.3) is 5.69 Å². The molecular weight excluding hydrogens is 384 g/mol. The molecule has 1 saturated carbocycles. The van der Waals surface area contributed by atoms with Gasteiger partial charge in [-0.1, -0.05) is 56.5 Å². The van der Waals surface area contributed by atoms with Crippen molar-refractivity contribution >= 4 is 17.7 Å². The van der Waals surface area contributed by atoms with Crippen LogP contribution in [-0.4, -0.2) is 36.9 Å². The van der Waals surface area contributed by atoms with E-state index < -0.39 is 10.8 Å². The molecule has 1 amide bonds. The van der Waals surface area contributed by atoms with Crippen LogP contribution in [0.4, 0.5) is 0 Å². The summed E-state index contributed by atoms with van der Waals surface area (Å²) in [6.07, 6.45) is 7.90. The summed E-state index contributed by atoms with van der Waals surface area (Å²) in [6.45, 7) is 4.00. The van der Waals surface area contributed by atoms with Crippen molar-refractivity contribution < 1.29 is 4.79 Å². The summed E-state index contributed by atoms with van der Waals surface area (Å²) in [4.78, 5) is 12.7. The van der Waals surface area contributed by atoms with E-state index in [-0.39, 0.29) is 5.91 Å². The van der Waals surface area contributed by atoms with E-state index in [0.717, 1.165) is 44.2 Å². The van der Waals surface area contributed by atoms with Crippen LogP contribution < -0.4 is 5.32 Å². The van der Waals surface area contributed by atoms with Crippen LogP contribution in [0.3, 0.4) is 0 Å². The average Bonchev–Trinajstić information content (AvgIpc) is 3.21. The lowest BCUT2D eigenvalue weighted by atomic mass is 9.83. The molecule has 29 heavy (non-hydrogen) atoms. The number of tetrazole rings is 1. The Morgan fingerprint density at radius 3 is 2.69 bits per heavy atom. The Bertz CT molecular complexity index is 851. The first-order valence-corrected chi connectivity index (χ1v) is 11.2. The Morgan fingerprint density at radius 2 is 2.03 bits per heavy atom. The summed E-state index contributed by atoms with van der Waals surface area (Å²) < 4.78 is 1.65. The SMILES string of the molecule is CCCCc1ccc(-n2nnnc2SC(C)C(=O)NC2(C#N)CCCCC2)cc1. The Labute approximate surface area is 176 Å². The van der Waals surface area contributed by atoms with E-state index in [1.807, 2.05) is 19.1 Å². The van der Waals surface area contributed by atoms with Crippen LogP contribution in [0.2, 0.25) is 0 Å². The number of hydrogen-bond donors (Lipinski definition) is 1. The maximum Gasteiger partial charge on any atom is 0.234 e. The maximum atomic E-state index is 12.7. The molecular formula is C21H28N6OS. The van der Waals surface area contributed by atoms with Gasteiger partial charge in [0.15, 0.2) is 0 Å². The van der Waals surface area contributed by atoms with Gasteiger partial charge in [0, 0.05) is 0 Å². The predicted molar refractivity (Wildman–Crippen MR) is 113 cm³/mol. The standard InChI is InChI=1S/C21H28N6OS/c1-3-4-8-17-9-11-18(12-10-17)27-20(24-25-26-27)29-16(2)19(28)23-21(15-22)13-6-5-7-14-21/h9-12,16H,3-8,13-14H2,1-2H3,(H,23,28). The lowest BCUT2D eigenvalue weighted by molar-refractivity contribution is -0.121. The van der Waals surface area contributed by atoms with Gasteiger partial charge >= 0.3 is 0 Å². The summed E-state index contributed by atoms with van der Waals surface area (Å²) >= 11 is 1.30. The molecule has 8 heteroatoms. The van der Waals surface area contributed by atoms with Gasteiger partial charge in [-0.2, -0.15) is 9.94 Å². The largest absolute Gasteiger partial charge is 0.337 e. The minimum Gasteiger partial charge on any atom is -0.337 e. The van der Waals surface area contributed by atoms with Gasteiger partial charge in [0.2, 0.25) is 11.1 Å². The van der Waals surface area contributed by atoms with Crippen molar-refractivity contribution in [3.8, 4) is 11.8 Å². The van der Waals surface area contributed by atoms with Crippen LogP contribution in [0.1, 0.15) is 64.4 Å². The van der Waals surface area contributed by atoms with Gasteiger partial charge in [-0.3, -0.25) is 4.79 Å². The number of aryl methyl sites for hydroxylation is 1. The molecule has 1 fully saturated rings. The lowest BCUT2D eigenvalue weighted by Gasteiger charge is -2.32. The Hall–Kier alpha value is -2.40. The van der Waals surface area contributed by atoms with E-state index in [9.17, 15) is 10.1 Å². The summed E-state index contributed by atoms with van der Waals surface area (Å²) in [5.41, 5.74) is 1.43. The maximum absolute atomic E-state index is 12.7. The molecule has 1 N–H and O–H groups in total. The van der Waals surface area contributed by atoms with E-state index in [1.54, 1.807) is 4.68 Å². The minimum absolute atomic E-state index is 0.150. The molecule has 1 aromatic heterocycles. The van der Waals surface area contributed by atoms with Crippen molar-refractivity contribution in [2.75, 3.05) is 0 Å². The smallest absolute Gasteiger partial charge is 0.234 e. The number of aromatic nitrogens is 4. The minimum atomic E-state index is -0.732. The molecule has 1 aliphatic carbocycles. The number of nitrogens with zero attached hydrogens (tertiary/aromatic N) is 5. The molecule has 7 nitrogen and oxygen atoms in total. The van der Waals surface area contributed by atoms with Crippen molar-refractivity contribution in [1.29, 1.82) is 5.26 Å². The molecule has 1 heterocycles. The molecule has 154 valence electrons. The number of rotatable bonds is 8. The number of carbonyl (C=O) groups is 1. The Balaban J connectivity index is 1.66. The van der Waals surface area contributed by atoms with Crippen molar-refractivity contribution in [3.05, 3.63) is 29.8 Å². The zero-order valence-corrected chi connectivity index (χ0v) is 17.9. The second-order valence-electron chi connectivity index (χ2n) is 7.65. The van der Waals surface area contributed by atoms with Gasteiger partial charge in [0.25, 0.3) is 0 Å². The Morgan fingerprint density at radius 1 is 1.31 bits per heavy atom. The fourth-order valence-corrected chi connectivity index (χ4v) is 4.38. The number of hydrogen-bond acceptors (Lipinski definition) is 6. The molecule has 1 unspecified atom stereocenters. The molecule has 1 aliphatic rings. The molecule has 0 radical (unpaired) electrons. The van der Waals surface area contributed by atoms with Gasteiger partial charge < -0.3 is 5.32 Å². The molecule has 0 aliphatic heterocycles. The number of nitriles is 1. The zero-order chi connectivity index (χ0) is 20.7. The quantitative estimate of drug-likeness (QED) is 0.662. The van der Waals surface area contributed by atoms with E-state index in [2.05, 4.69) is 46.0 Å². The van der Waals surface area contributed by atoms with Crippen LogP contribution >= 0.6 is 11.8 Å². The number of unbranched alkanes of at least 4 members (excludes halogenated alkanes) is 1. The number of benzene rings is 1. The molecule has 3 rings (SSSR count). The van der Waals surface area contributed by atoms with Crippen molar-refractivity contribution in [2.24, 2.45) is 0 Å². The third-order valence-electron chi connectivity index (χ3n) is 5.38. The predicted octanol–water partition coefficient (Wildman–Crippen LogP) is 3.83. The fourth-order valence-electron chi connectivity index (χ4n) is 3.57. The summed E-state index contributed by atoms with van der Waals surface area (Å²) in [6, 6.07) is 10.5. The Kier molecular flexibility index (Phi) is 7.26. The number of nitrogens with one attached hydrogen (secondary N) is 1. The van der Waals surface area contributed by atoms with E-state index in [4.69, 9.17) is 0 Å². The van der Waals surface area contributed by atoms with Gasteiger partial charge in [-0.05, 0) is 60.7 Å². The molecule has 0 saturated heterocycles. The first-order valence-electron chi connectivity index (χ1n) is 10.3. The molecule has 0 bridgehead atoms. The number of carbonyl (C=O) groups excluding carboxylic acids is 1. The highest BCUT2D eigenvalue weighted by molar-refractivity contribution is 8.00. The van der Waals surface area contributed by atoms with Crippen LogP contribution in [-0.2, 0) is 11.2 Å². The van der Waals surface area contributed by atoms with E-state index in [1.165, 1.54) is 30.2 Å². The van der Waals surface area contributed by atoms with Crippen LogP contribution in [0, 0.1) is 11.3 Å². The summed E-state index contributed by atoms with van der Waals surface area (Å²) in [5.74, 6) is -0.150. The summed E-state index contributed by atoms with van der Waals surface area (Å²) in [7, 11) is 0. The lowest BCUT2D eigenvalue weighted by Crippen LogP contribution is -2.50. The second-order valence-corrected chi connectivity index (χ2v) is 8.96. The molecule has 0 spiro atoms. The second kappa shape index (κ2) is 9.88. The highest BCUT2D eigenvalue weighted by Gasteiger charge is 2.35. The highest BCUT2D eigenvalue weighted by Crippen LogP contribution is 2.29. The fraction of sp³-hybridized carbons (Fsp3) is 0.571. The topological polar surface area (TPSA) is 96.5 Å². The molecule has 1 atom stereocenters. The van der Waals surface area contributed by atoms with Gasteiger partial charge in [0.1, 0.15) is 5.54 Å². The van der Waals surface area contributed by atoms with Crippen LogP contribution in [0.15, 0.2) is 29.4 Å². The van der Waals surface area contributed by atoms with Gasteiger partial charge in [0.05, 0.1) is 17.0 Å². The van der Waals surface area contributed by atoms with E-state index >= 15 is 0 Å². The first kappa shape index (κ1) is 21.3. The molecule has 1 aromatic carbocycles. The normalized spacial score (nSPS) is 16.7. The summed E-state index contributed by atoms with van der Waals surface area (Å²) in [5, 5.41) is 24.7. The third-order valence-corrected chi connectivity index (χ3v) is 6.41. The zero-order valence-electron chi connectivity index (χ0n) is 17.1. The van der Waals surface area contributed by atoms with Crippen LogP contribution in [0.5, 0.6) is 0 Å². The molecule has 2 aromatic rings. The van der Waals surface area contributed by atoms with E-state index in [0.29, 0.717) is 5.16 Å². The van der Waals surface area contributed by atoms with Crippen molar-refractivity contribution in [3.63, 3.8) is 0 Å². The van der Waals surface area contributed by atoms with Crippen molar-refractivity contribution in [1.82, 2.24) is 25.5 Å². The number of thioether (sulfide) groups is 1. The van der Waals surface area contributed by atoms with Gasteiger partial charge in [-0.25, -0.2) is 0 Å². The monoisotopic (exact) mass is 412 g/mol. The number of amides is 1. The third kappa shape index (κ3) is 5.36. The van der Waals surface area contributed by atoms with Gasteiger partial charge in [-0.15, -0.1) is 5.10 Å². The first-order chi connectivity index (χ1) is 14.1. The van der Waals surface area contributed by atoms with Crippen molar-refractivity contribution in [2.45, 2.75) is 81.2 Å². The highest BCUT2D eigenvalue weighted by atomic mass is 32.2.